The molecule has 2 aromatic carbocycles. The molecule has 2 unspecified atom stereocenters. The minimum atomic E-state index is -3.08. The van der Waals surface area contributed by atoms with E-state index in [2.05, 4.69) is 4.99 Å². The molecule has 29 heavy (non-hydrogen) atoms. The molecule has 8 heteroatoms. The normalized spacial score (nSPS) is 23.9. The number of benzene rings is 2. The van der Waals surface area contributed by atoms with Gasteiger partial charge in [-0.2, -0.15) is 4.99 Å². The molecule has 1 amide bonds. The molecule has 0 aliphatic carbocycles. The average molecular weight is 431 g/mol. The zero-order valence-corrected chi connectivity index (χ0v) is 17.7. The van der Waals surface area contributed by atoms with Crippen LogP contribution in [0.25, 0.3) is 0 Å². The maximum absolute atomic E-state index is 12.6. The van der Waals surface area contributed by atoms with E-state index in [1.54, 1.807) is 7.11 Å². The van der Waals surface area contributed by atoms with Crippen LogP contribution in [0.3, 0.4) is 0 Å². The Balaban J connectivity index is 1.60. The largest absolute Gasteiger partial charge is 0.496 e. The van der Waals surface area contributed by atoms with E-state index in [-0.39, 0.29) is 35.1 Å². The first kappa shape index (κ1) is 20.0. The molecule has 2 heterocycles. The Bertz CT molecular complexity index is 1040. The first-order valence-electron chi connectivity index (χ1n) is 9.36. The standard InChI is InChI=1S/C21H22N2O4S2/c1-27-18-10-6-5-9-16(18)12-23-17-13-29(25,26)14-19(17)28-21(23)22-20(24)11-15-7-3-2-4-8-15/h2-10,17,19H,11-14H2,1H3. The van der Waals surface area contributed by atoms with Crippen molar-refractivity contribution in [3.8, 4) is 5.75 Å². The molecule has 0 radical (unpaired) electrons. The lowest BCUT2D eigenvalue weighted by Gasteiger charge is -2.25. The summed E-state index contributed by atoms with van der Waals surface area (Å²) in [6.45, 7) is 0.450. The number of methoxy groups -OCH3 is 1. The predicted molar refractivity (Wildman–Crippen MR) is 115 cm³/mol. The third-order valence-corrected chi connectivity index (χ3v) is 8.37. The fourth-order valence-corrected chi connectivity index (χ4v) is 7.72. The zero-order valence-electron chi connectivity index (χ0n) is 16.0. The Labute approximate surface area is 174 Å². The number of thioether (sulfide) groups is 1. The third kappa shape index (κ3) is 4.48. The van der Waals surface area contributed by atoms with Gasteiger partial charge in [-0.1, -0.05) is 60.3 Å². The Morgan fingerprint density at radius 1 is 1.14 bits per heavy atom. The summed E-state index contributed by atoms with van der Waals surface area (Å²) in [7, 11) is -1.47. The first-order chi connectivity index (χ1) is 13.9. The number of carbonyl (C=O) groups is 1. The molecule has 152 valence electrons. The van der Waals surface area contributed by atoms with E-state index in [1.807, 2.05) is 59.5 Å². The lowest BCUT2D eigenvalue weighted by Crippen LogP contribution is -2.37. The van der Waals surface area contributed by atoms with Gasteiger partial charge in [0.05, 0.1) is 31.1 Å². The number of ether oxygens (including phenoxy) is 1. The van der Waals surface area contributed by atoms with Crippen molar-refractivity contribution in [3.05, 3.63) is 65.7 Å². The summed E-state index contributed by atoms with van der Waals surface area (Å²) in [5.74, 6) is 0.714. The molecular weight excluding hydrogens is 408 g/mol. The highest BCUT2D eigenvalue weighted by Crippen LogP contribution is 2.39. The SMILES string of the molecule is COc1ccccc1CN1C(=NC(=O)Cc2ccccc2)SC2CS(=O)(=O)CC21. The molecule has 0 N–H and O–H groups in total. The van der Waals surface area contributed by atoms with Crippen LogP contribution in [-0.4, -0.2) is 54.3 Å². The number of hydrogen-bond acceptors (Lipinski definition) is 5. The van der Waals surface area contributed by atoms with Gasteiger partial charge in [0.2, 0.25) is 0 Å². The number of hydrogen-bond donors (Lipinski definition) is 0. The monoisotopic (exact) mass is 430 g/mol. The number of carbonyl (C=O) groups excluding carboxylic acids is 1. The van der Waals surface area contributed by atoms with E-state index in [9.17, 15) is 13.2 Å². The molecular formula is C21H22N2O4S2. The maximum Gasteiger partial charge on any atom is 0.252 e. The topological polar surface area (TPSA) is 76.0 Å². The van der Waals surface area contributed by atoms with Crippen LogP contribution in [0.1, 0.15) is 11.1 Å². The molecule has 2 aromatic rings. The van der Waals surface area contributed by atoms with Crippen molar-refractivity contribution in [1.29, 1.82) is 0 Å². The van der Waals surface area contributed by atoms with Gasteiger partial charge >= 0.3 is 0 Å². The average Bonchev–Trinajstić information content (AvgIpc) is 3.15. The van der Waals surface area contributed by atoms with Crippen LogP contribution in [0, 0.1) is 0 Å². The van der Waals surface area contributed by atoms with Gasteiger partial charge in [0.15, 0.2) is 15.0 Å². The van der Waals surface area contributed by atoms with E-state index in [4.69, 9.17) is 4.74 Å². The van der Waals surface area contributed by atoms with Crippen LogP contribution in [0.2, 0.25) is 0 Å². The lowest BCUT2D eigenvalue weighted by atomic mass is 10.1. The van der Waals surface area contributed by atoms with Crippen molar-refractivity contribution < 1.29 is 17.9 Å². The third-order valence-electron chi connectivity index (χ3n) is 5.13. The van der Waals surface area contributed by atoms with E-state index < -0.39 is 9.84 Å². The second-order valence-electron chi connectivity index (χ2n) is 7.19. The Morgan fingerprint density at radius 2 is 1.86 bits per heavy atom. The number of nitrogens with zero attached hydrogens (tertiary/aromatic N) is 2. The quantitative estimate of drug-likeness (QED) is 0.726. The van der Waals surface area contributed by atoms with Crippen molar-refractivity contribution in [3.63, 3.8) is 0 Å². The van der Waals surface area contributed by atoms with Crippen LogP contribution < -0.4 is 4.74 Å². The van der Waals surface area contributed by atoms with Crippen molar-refractivity contribution in [2.45, 2.75) is 24.3 Å². The molecule has 0 saturated carbocycles. The number of para-hydroxylation sites is 1. The molecule has 2 atom stereocenters. The molecule has 2 aliphatic rings. The number of amidine groups is 1. The van der Waals surface area contributed by atoms with Crippen LogP contribution in [-0.2, 0) is 27.6 Å². The summed E-state index contributed by atoms with van der Waals surface area (Å²) in [4.78, 5) is 18.9. The Morgan fingerprint density at radius 3 is 2.62 bits per heavy atom. The lowest BCUT2D eigenvalue weighted by molar-refractivity contribution is -0.117. The molecule has 2 aliphatic heterocycles. The van der Waals surface area contributed by atoms with Gasteiger partial charge < -0.3 is 9.64 Å². The van der Waals surface area contributed by atoms with Gasteiger partial charge in [-0.3, -0.25) is 4.79 Å². The fraction of sp³-hybridized carbons (Fsp3) is 0.333. The molecule has 0 bridgehead atoms. The summed E-state index contributed by atoms with van der Waals surface area (Å²) < 4.78 is 29.8. The summed E-state index contributed by atoms with van der Waals surface area (Å²) in [5, 5.41) is 0.500. The number of rotatable bonds is 5. The zero-order chi connectivity index (χ0) is 20.4. The molecule has 4 rings (SSSR count). The molecule has 2 saturated heterocycles. The molecule has 6 nitrogen and oxygen atoms in total. The van der Waals surface area contributed by atoms with Crippen LogP contribution in [0.4, 0.5) is 0 Å². The summed E-state index contributed by atoms with van der Waals surface area (Å²) in [6.07, 6.45) is 0.223. The number of sulfone groups is 1. The fourth-order valence-electron chi connectivity index (χ4n) is 3.75. The van der Waals surface area contributed by atoms with Crippen molar-refractivity contribution in [2.75, 3.05) is 18.6 Å². The predicted octanol–water partition coefficient (Wildman–Crippen LogP) is 2.53. The van der Waals surface area contributed by atoms with Crippen molar-refractivity contribution >= 4 is 32.7 Å². The van der Waals surface area contributed by atoms with Gasteiger partial charge in [0.1, 0.15) is 5.75 Å². The van der Waals surface area contributed by atoms with E-state index in [0.29, 0.717) is 11.7 Å². The highest BCUT2D eigenvalue weighted by molar-refractivity contribution is 8.15. The molecule has 0 spiro atoms. The van der Waals surface area contributed by atoms with Crippen molar-refractivity contribution in [1.82, 2.24) is 4.90 Å². The number of fused-ring (bicyclic) bond motifs is 1. The Kier molecular flexibility index (Phi) is 5.65. The highest BCUT2D eigenvalue weighted by atomic mass is 32.2. The second-order valence-corrected chi connectivity index (χ2v) is 10.6. The maximum atomic E-state index is 12.6. The minimum absolute atomic E-state index is 0.0890. The van der Waals surface area contributed by atoms with Gasteiger partial charge in [-0.15, -0.1) is 0 Å². The van der Waals surface area contributed by atoms with Crippen LogP contribution in [0.5, 0.6) is 5.75 Å². The molecule has 0 aromatic heterocycles. The van der Waals surface area contributed by atoms with Gasteiger partial charge in [0.25, 0.3) is 5.91 Å². The van der Waals surface area contributed by atoms with Crippen molar-refractivity contribution in [2.24, 2.45) is 4.99 Å². The van der Waals surface area contributed by atoms with Gasteiger partial charge in [-0.25, -0.2) is 8.42 Å². The summed E-state index contributed by atoms with van der Waals surface area (Å²) >= 11 is 1.40. The first-order valence-corrected chi connectivity index (χ1v) is 12.1. The molecule has 2 fully saturated rings. The van der Waals surface area contributed by atoms with Crippen LogP contribution in [0.15, 0.2) is 59.6 Å². The minimum Gasteiger partial charge on any atom is -0.496 e. The highest BCUT2D eigenvalue weighted by Gasteiger charge is 2.48. The second kappa shape index (κ2) is 8.20. The summed E-state index contributed by atoms with van der Waals surface area (Å²) in [5.41, 5.74) is 1.84. The summed E-state index contributed by atoms with van der Waals surface area (Å²) in [6, 6.07) is 16.9. The van der Waals surface area contributed by atoms with Crippen LogP contribution >= 0.6 is 11.8 Å². The number of aliphatic imine (C=N–C) groups is 1. The Hall–Kier alpha value is -2.32. The van der Waals surface area contributed by atoms with E-state index >= 15 is 0 Å². The van der Waals surface area contributed by atoms with E-state index in [1.165, 1.54) is 11.8 Å². The van der Waals surface area contributed by atoms with Gasteiger partial charge in [-0.05, 0) is 11.6 Å². The van der Waals surface area contributed by atoms with Gasteiger partial charge in [0, 0.05) is 17.4 Å². The van der Waals surface area contributed by atoms with E-state index in [0.717, 1.165) is 16.9 Å². The smallest absolute Gasteiger partial charge is 0.252 e. The number of amides is 1.